The van der Waals surface area contributed by atoms with Crippen LogP contribution in [0.1, 0.15) is 0 Å². The number of halogens is 1. The Bertz CT molecular complexity index is 614. The van der Waals surface area contributed by atoms with Crippen LogP contribution in [0.25, 0.3) is 16.3 Å². The van der Waals surface area contributed by atoms with Gasteiger partial charge in [0.15, 0.2) is 0 Å². The topological polar surface area (TPSA) is 30.7 Å². The van der Waals surface area contributed by atoms with Gasteiger partial charge in [0.1, 0.15) is 16.5 Å². The molecule has 0 aliphatic carbocycles. The highest BCUT2D eigenvalue weighted by molar-refractivity contribution is 7.12. The van der Waals surface area contributed by atoms with E-state index >= 15 is 0 Å². The van der Waals surface area contributed by atoms with Crippen LogP contribution in [0.3, 0.4) is 0 Å². The van der Waals surface area contributed by atoms with Gasteiger partial charge >= 0.3 is 0 Å². The molecular formula is C12H8FN3S. The molecule has 0 saturated carbocycles. The summed E-state index contributed by atoms with van der Waals surface area (Å²) in [4.78, 5) is 0. The minimum Gasteiger partial charge on any atom is -0.210 e. The third-order valence-corrected chi connectivity index (χ3v) is 3.22. The van der Waals surface area contributed by atoms with Crippen molar-refractivity contribution in [1.29, 1.82) is 0 Å². The fourth-order valence-electron chi connectivity index (χ4n) is 1.52. The molecule has 3 nitrogen and oxygen atoms in total. The number of rotatable bonds is 2. The van der Waals surface area contributed by atoms with E-state index in [1.54, 1.807) is 28.2 Å². The molecule has 3 aromatic rings. The van der Waals surface area contributed by atoms with Gasteiger partial charge in [-0.15, -0.1) is 16.4 Å². The highest BCUT2D eigenvalue weighted by Gasteiger charge is 2.05. The van der Waals surface area contributed by atoms with Crippen LogP contribution in [0.4, 0.5) is 4.39 Å². The molecule has 0 bridgehead atoms. The number of thiophene rings is 1. The Labute approximate surface area is 101 Å². The molecule has 0 N–H and O–H groups in total. The van der Waals surface area contributed by atoms with E-state index in [4.69, 9.17) is 0 Å². The molecule has 17 heavy (non-hydrogen) atoms. The average Bonchev–Trinajstić information content (AvgIpc) is 3.00. The maximum atomic E-state index is 12.8. The molecule has 0 aliphatic heterocycles. The first-order valence-corrected chi connectivity index (χ1v) is 5.93. The van der Waals surface area contributed by atoms with Crippen molar-refractivity contribution >= 4 is 11.3 Å². The molecule has 0 saturated heterocycles. The first kappa shape index (κ1) is 10.2. The number of aromatic nitrogens is 3. The van der Waals surface area contributed by atoms with E-state index < -0.39 is 0 Å². The maximum absolute atomic E-state index is 12.8. The largest absolute Gasteiger partial charge is 0.210 e. The quantitative estimate of drug-likeness (QED) is 0.694. The van der Waals surface area contributed by atoms with E-state index in [2.05, 4.69) is 10.3 Å². The standard InChI is InChI=1S/C12H8FN3S/c13-10-5-3-9(4-6-10)11-8-16(15-14-11)12-2-1-7-17-12/h1-8H. The molecule has 2 heterocycles. The zero-order chi connectivity index (χ0) is 11.7. The van der Waals surface area contributed by atoms with Crippen molar-refractivity contribution < 1.29 is 4.39 Å². The van der Waals surface area contributed by atoms with E-state index in [1.807, 2.05) is 23.7 Å². The Morgan fingerprint density at radius 1 is 1.12 bits per heavy atom. The minimum atomic E-state index is -0.251. The Morgan fingerprint density at radius 3 is 2.65 bits per heavy atom. The van der Waals surface area contributed by atoms with Crippen molar-refractivity contribution in [3.8, 4) is 16.3 Å². The summed E-state index contributed by atoms with van der Waals surface area (Å²) < 4.78 is 14.5. The molecule has 0 radical (unpaired) electrons. The lowest BCUT2D eigenvalue weighted by atomic mass is 10.2. The highest BCUT2D eigenvalue weighted by atomic mass is 32.1. The SMILES string of the molecule is Fc1ccc(-c2cn(-c3cccs3)nn2)cc1. The van der Waals surface area contributed by atoms with Crippen molar-refractivity contribution in [3.05, 3.63) is 53.8 Å². The lowest BCUT2D eigenvalue weighted by molar-refractivity contribution is 0.628. The van der Waals surface area contributed by atoms with Crippen LogP contribution < -0.4 is 0 Å². The first-order chi connectivity index (χ1) is 8.33. The Balaban J connectivity index is 1.98. The number of nitrogens with zero attached hydrogens (tertiary/aromatic N) is 3. The number of hydrogen-bond acceptors (Lipinski definition) is 3. The van der Waals surface area contributed by atoms with Crippen molar-refractivity contribution in [3.63, 3.8) is 0 Å². The smallest absolute Gasteiger partial charge is 0.123 e. The van der Waals surface area contributed by atoms with Crippen molar-refractivity contribution in [1.82, 2.24) is 15.0 Å². The molecule has 2 aromatic heterocycles. The lowest BCUT2D eigenvalue weighted by Gasteiger charge is -1.94. The van der Waals surface area contributed by atoms with Crippen LogP contribution in [0.2, 0.25) is 0 Å². The average molecular weight is 245 g/mol. The Morgan fingerprint density at radius 2 is 1.94 bits per heavy atom. The molecule has 3 rings (SSSR count). The van der Waals surface area contributed by atoms with Crippen LogP contribution in [-0.4, -0.2) is 15.0 Å². The van der Waals surface area contributed by atoms with E-state index in [-0.39, 0.29) is 5.82 Å². The van der Waals surface area contributed by atoms with Crippen LogP contribution in [0.15, 0.2) is 48.0 Å². The fourth-order valence-corrected chi connectivity index (χ4v) is 2.18. The number of benzene rings is 1. The molecule has 84 valence electrons. The van der Waals surface area contributed by atoms with Gasteiger partial charge in [-0.25, -0.2) is 9.07 Å². The summed E-state index contributed by atoms with van der Waals surface area (Å²) in [6.45, 7) is 0. The summed E-state index contributed by atoms with van der Waals surface area (Å²) in [5, 5.41) is 11.1. The molecule has 0 spiro atoms. The van der Waals surface area contributed by atoms with Crippen molar-refractivity contribution in [2.75, 3.05) is 0 Å². The second kappa shape index (κ2) is 4.10. The van der Waals surface area contributed by atoms with Crippen molar-refractivity contribution in [2.45, 2.75) is 0 Å². The molecule has 0 amide bonds. The zero-order valence-electron chi connectivity index (χ0n) is 8.75. The van der Waals surface area contributed by atoms with Gasteiger partial charge in [-0.3, -0.25) is 0 Å². The maximum Gasteiger partial charge on any atom is 0.123 e. The molecular weight excluding hydrogens is 237 g/mol. The summed E-state index contributed by atoms with van der Waals surface area (Å²) in [5.41, 5.74) is 1.59. The second-order valence-electron chi connectivity index (χ2n) is 3.51. The predicted molar refractivity (Wildman–Crippen MR) is 64.6 cm³/mol. The predicted octanol–water partition coefficient (Wildman–Crippen LogP) is 3.13. The zero-order valence-corrected chi connectivity index (χ0v) is 9.56. The van der Waals surface area contributed by atoms with Gasteiger partial charge in [0, 0.05) is 5.56 Å². The fraction of sp³-hybridized carbons (Fsp3) is 0. The van der Waals surface area contributed by atoms with Crippen molar-refractivity contribution in [2.24, 2.45) is 0 Å². The number of hydrogen-bond donors (Lipinski definition) is 0. The molecule has 0 unspecified atom stereocenters. The van der Waals surface area contributed by atoms with Crippen LogP contribution in [0.5, 0.6) is 0 Å². The molecule has 0 fully saturated rings. The molecule has 0 atom stereocenters. The van der Waals surface area contributed by atoms with Gasteiger partial charge in [-0.1, -0.05) is 5.21 Å². The van der Waals surface area contributed by atoms with Crippen LogP contribution in [0, 0.1) is 5.82 Å². The lowest BCUT2D eigenvalue weighted by Crippen LogP contribution is -1.89. The molecule has 0 aliphatic rings. The minimum absolute atomic E-state index is 0.251. The van der Waals surface area contributed by atoms with Gasteiger partial charge in [-0.2, -0.15) is 0 Å². The first-order valence-electron chi connectivity index (χ1n) is 5.05. The normalized spacial score (nSPS) is 10.6. The van der Waals surface area contributed by atoms with E-state index in [1.165, 1.54) is 12.1 Å². The summed E-state index contributed by atoms with van der Waals surface area (Å²) in [5.74, 6) is -0.251. The van der Waals surface area contributed by atoms with Crippen LogP contribution in [-0.2, 0) is 0 Å². The summed E-state index contributed by atoms with van der Waals surface area (Å²) >= 11 is 1.59. The summed E-state index contributed by atoms with van der Waals surface area (Å²) in [7, 11) is 0. The van der Waals surface area contributed by atoms with Crippen LogP contribution >= 0.6 is 11.3 Å². The Hall–Kier alpha value is -2.01. The van der Waals surface area contributed by atoms with Gasteiger partial charge in [-0.05, 0) is 41.8 Å². The van der Waals surface area contributed by atoms with Gasteiger partial charge < -0.3 is 0 Å². The highest BCUT2D eigenvalue weighted by Crippen LogP contribution is 2.19. The molecule has 5 heteroatoms. The third kappa shape index (κ3) is 1.97. The van der Waals surface area contributed by atoms with Gasteiger partial charge in [0.25, 0.3) is 0 Å². The van der Waals surface area contributed by atoms with E-state index in [9.17, 15) is 4.39 Å². The summed E-state index contributed by atoms with van der Waals surface area (Å²) in [6, 6.07) is 10.1. The van der Waals surface area contributed by atoms with E-state index in [0.717, 1.165) is 16.3 Å². The van der Waals surface area contributed by atoms with E-state index in [0.29, 0.717) is 0 Å². The molecule has 1 aromatic carbocycles. The summed E-state index contributed by atoms with van der Waals surface area (Å²) in [6.07, 6.45) is 1.83. The Kier molecular flexibility index (Phi) is 2.45. The third-order valence-electron chi connectivity index (χ3n) is 2.37. The van der Waals surface area contributed by atoms with Gasteiger partial charge in [0.2, 0.25) is 0 Å². The second-order valence-corrected chi connectivity index (χ2v) is 4.43. The monoisotopic (exact) mass is 245 g/mol. The van der Waals surface area contributed by atoms with Gasteiger partial charge in [0.05, 0.1) is 6.20 Å².